The molecule has 0 saturated carbocycles. The normalized spacial score (nSPS) is 15.4. The van der Waals surface area contributed by atoms with Crippen LogP contribution in [0.15, 0.2) is 78.8 Å². The van der Waals surface area contributed by atoms with Crippen LogP contribution in [0.3, 0.4) is 0 Å². The zero-order chi connectivity index (χ0) is 30.8. The highest BCUT2D eigenvalue weighted by Gasteiger charge is 2.34. The number of nitrogens with zero attached hydrogens (tertiary/aromatic N) is 6. The molecule has 1 N–H and O–H groups in total. The predicted molar refractivity (Wildman–Crippen MR) is 162 cm³/mol. The van der Waals surface area contributed by atoms with Gasteiger partial charge in [0.05, 0.1) is 31.3 Å². The third kappa shape index (κ3) is 5.33. The molecule has 5 aromatic rings. The number of carbonyl (C=O) groups is 1. The van der Waals surface area contributed by atoms with Gasteiger partial charge in [0, 0.05) is 42.9 Å². The number of benzene rings is 3. The van der Waals surface area contributed by atoms with Gasteiger partial charge in [-0.1, -0.05) is 36.4 Å². The van der Waals surface area contributed by atoms with Crippen LogP contribution in [0.1, 0.15) is 12.1 Å². The van der Waals surface area contributed by atoms with E-state index in [1.807, 2.05) is 29.2 Å². The molecule has 6 rings (SSSR count). The average Bonchev–Trinajstić information content (AvgIpc) is 3.04. The van der Waals surface area contributed by atoms with Gasteiger partial charge in [0.2, 0.25) is 0 Å². The number of carbonyl (C=O) groups excluding carboxylic acids is 1. The molecule has 2 aromatic heterocycles. The molecule has 3 heterocycles. The van der Waals surface area contributed by atoms with Gasteiger partial charge in [-0.3, -0.25) is 9.78 Å². The first-order valence-corrected chi connectivity index (χ1v) is 13.9. The quantitative estimate of drug-likeness (QED) is 0.252. The molecule has 0 radical (unpaired) electrons. The Kier molecular flexibility index (Phi) is 7.72. The molecule has 0 spiro atoms. The number of aromatic hydroxyl groups is 1. The number of methoxy groups -OCH3 is 1. The van der Waals surface area contributed by atoms with Gasteiger partial charge < -0.3 is 19.6 Å². The molecule has 1 amide bonds. The van der Waals surface area contributed by atoms with Crippen LogP contribution < -0.4 is 9.64 Å². The Bertz CT molecular complexity index is 1960. The zero-order valence-electron chi connectivity index (χ0n) is 23.6. The molecule has 1 aliphatic rings. The van der Waals surface area contributed by atoms with E-state index in [2.05, 4.69) is 21.0 Å². The van der Waals surface area contributed by atoms with Gasteiger partial charge in [-0.05, 0) is 46.7 Å². The van der Waals surface area contributed by atoms with Crippen molar-refractivity contribution >= 4 is 39.5 Å². The molecule has 0 aliphatic carbocycles. The second-order valence-corrected chi connectivity index (χ2v) is 10.3. The first-order chi connectivity index (χ1) is 21.4. The number of hydrogen-bond acceptors (Lipinski definition) is 8. The maximum absolute atomic E-state index is 16.3. The van der Waals surface area contributed by atoms with E-state index >= 15 is 4.39 Å². The van der Waals surface area contributed by atoms with Gasteiger partial charge in [0.15, 0.2) is 11.6 Å². The average molecular weight is 593 g/mol. The van der Waals surface area contributed by atoms with Crippen molar-refractivity contribution in [1.29, 1.82) is 5.26 Å². The number of amides is 1. The smallest absolute Gasteiger partial charge is 0.318 e. The number of aromatic nitrogens is 3. The van der Waals surface area contributed by atoms with Gasteiger partial charge in [-0.15, -0.1) is 0 Å². The molecule has 1 aliphatic heterocycles. The first-order valence-electron chi connectivity index (χ1n) is 13.9. The summed E-state index contributed by atoms with van der Waals surface area (Å²) in [4.78, 5) is 29.1. The van der Waals surface area contributed by atoms with E-state index < -0.39 is 23.6 Å². The number of hydrogen-bond donors (Lipinski definition) is 1. The van der Waals surface area contributed by atoms with Crippen molar-refractivity contribution in [1.82, 2.24) is 19.9 Å². The van der Waals surface area contributed by atoms with Crippen molar-refractivity contribution in [3.05, 3.63) is 90.3 Å². The SMILES string of the molecule is COc1nc(N2CCN(C(=O)/C(F)=C/c3ccccn3)C(CC#N)C2)c2ccc(-c3cc(O)cc4ccccc34)c(F)c2n1. The molecule has 11 heteroatoms. The fourth-order valence-electron chi connectivity index (χ4n) is 5.57. The number of anilines is 1. The Morgan fingerprint density at radius 2 is 1.91 bits per heavy atom. The number of phenolic OH excluding ortho intramolecular Hbond substituents is 1. The summed E-state index contributed by atoms with van der Waals surface area (Å²) in [5.74, 6) is -2.08. The van der Waals surface area contributed by atoms with E-state index in [4.69, 9.17) is 4.74 Å². The molecule has 1 unspecified atom stereocenters. The van der Waals surface area contributed by atoms with E-state index in [9.17, 15) is 19.6 Å². The first kappa shape index (κ1) is 28.5. The maximum Gasteiger partial charge on any atom is 0.318 e. The van der Waals surface area contributed by atoms with E-state index in [0.29, 0.717) is 22.5 Å². The molecule has 220 valence electrons. The summed E-state index contributed by atoms with van der Waals surface area (Å²) in [6.45, 7) is 0.477. The highest BCUT2D eigenvalue weighted by atomic mass is 19.1. The standard InChI is InChI=1S/C33H26F2N6O3/c1-44-33-38-30-26(10-9-25(29(30)35)27-18-23(42)16-20-6-2-3-8-24(20)27)31(39-33)40-14-15-41(22(19-40)11-12-36)32(43)28(34)17-21-7-4-5-13-37-21/h2-10,13,16-18,22,42H,11,14-15,19H2,1H3/b28-17-. The maximum atomic E-state index is 16.3. The van der Waals surface area contributed by atoms with Crippen molar-refractivity contribution < 1.29 is 23.4 Å². The van der Waals surface area contributed by atoms with E-state index in [1.54, 1.807) is 36.4 Å². The number of pyridine rings is 1. The van der Waals surface area contributed by atoms with Crippen LogP contribution in [-0.4, -0.2) is 63.7 Å². The minimum atomic E-state index is -0.983. The fraction of sp³-hybridized carbons (Fsp3) is 0.182. The summed E-state index contributed by atoms with van der Waals surface area (Å²) in [5.41, 5.74) is 1.05. The molecular weight excluding hydrogens is 566 g/mol. The lowest BCUT2D eigenvalue weighted by molar-refractivity contribution is -0.131. The minimum absolute atomic E-state index is 0.00131. The monoisotopic (exact) mass is 592 g/mol. The van der Waals surface area contributed by atoms with Crippen LogP contribution in [0.4, 0.5) is 14.6 Å². The Hall–Kier alpha value is -5.63. The highest BCUT2D eigenvalue weighted by molar-refractivity contribution is 6.01. The number of nitriles is 1. The molecule has 9 nitrogen and oxygen atoms in total. The second-order valence-electron chi connectivity index (χ2n) is 10.3. The third-order valence-corrected chi connectivity index (χ3v) is 7.62. The Labute approximate surface area is 251 Å². The van der Waals surface area contributed by atoms with Crippen LogP contribution in [0.5, 0.6) is 11.8 Å². The number of fused-ring (bicyclic) bond motifs is 2. The van der Waals surface area contributed by atoms with E-state index in [0.717, 1.165) is 16.8 Å². The zero-order valence-corrected chi connectivity index (χ0v) is 23.6. The summed E-state index contributed by atoms with van der Waals surface area (Å²) >= 11 is 0. The molecule has 0 bridgehead atoms. The third-order valence-electron chi connectivity index (χ3n) is 7.62. The van der Waals surface area contributed by atoms with Crippen molar-refractivity contribution in [2.45, 2.75) is 12.5 Å². The Morgan fingerprint density at radius 3 is 2.68 bits per heavy atom. The van der Waals surface area contributed by atoms with E-state index in [1.165, 1.54) is 24.3 Å². The summed E-state index contributed by atoms with van der Waals surface area (Å²) in [6, 6.07) is 20.1. The molecular formula is C33H26F2N6O3. The summed E-state index contributed by atoms with van der Waals surface area (Å²) in [5, 5.41) is 21.8. The van der Waals surface area contributed by atoms with Crippen molar-refractivity contribution in [3.8, 4) is 29.0 Å². The predicted octanol–water partition coefficient (Wildman–Crippen LogP) is 5.64. The number of phenols is 1. The number of rotatable bonds is 6. The summed E-state index contributed by atoms with van der Waals surface area (Å²) < 4.78 is 36.6. The van der Waals surface area contributed by atoms with Crippen LogP contribution >= 0.6 is 0 Å². The van der Waals surface area contributed by atoms with Gasteiger partial charge in [-0.2, -0.15) is 15.2 Å². The van der Waals surface area contributed by atoms with Crippen LogP contribution in [-0.2, 0) is 4.79 Å². The van der Waals surface area contributed by atoms with Crippen LogP contribution in [0, 0.1) is 17.1 Å². The Morgan fingerprint density at radius 1 is 1.09 bits per heavy atom. The Balaban J connectivity index is 1.37. The van der Waals surface area contributed by atoms with Gasteiger partial charge in [-0.25, -0.2) is 8.78 Å². The lowest BCUT2D eigenvalue weighted by Crippen LogP contribution is -2.55. The highest BCUT2D eigenvalue weighted by Crippen LogP contribution is 2.38. The largest absolute Gasteiger partial charge is 0.508 e. The van der Waals surface area contributed by atoms with Gasteiger partial charge in [0.25, 0.3) is 5.91 Å². The van der Waals surface area contributed by atoms with Crippen molar-refractivity contribution in [3.63, 3.8) is 0 Å². The summed E-state index contributed by atoms with van der Waals surface area (Å²) in [6.07, 6.45) is 2.51. The number of ether oxygens (including phenoxy) is 1. The van der Waals surface area contributed by atoms with Crippen molar-refractivity contribution in [2.24, 2.45) is 0 Å². The van der Waals surface area contributed by atoms with E-state index in [-0.39, 0.29) is 48.9 Å². The molecule has 1 saturated heterocycles. The molecule has 1 fully saturated rings. The number of piperazine rings is 1. The summed E-state index contributed by atoms with van der Waals surface area (Å²) in [7, 11) is 1.38. The van der Waals surface area contributed by atoms with Crippen LogP contribution in [0.25, 0.3) is 38.9 Å². The number of halogens is 2. The van der Waals surface area contributed by atoms with Crippen LogP contribution in [0.2, 0.25) is 0 Å². The lowest BCUT2D eigenvalue weighted by atomic mass is 9.96. The topological polar surface area (TPSA) is 115 Å². The van der Waals surface area contributed by atoms with Gasteiger partial charge in [0.1, 0.15) is 17.1 Å². The molecule has 44 heavy (non-hydrogen) atoms. The second kappa shape index (κ2) is 11.9. The fourth-order valence-corrected chi connectivity index (χ4v) is 5.57. The van der Waals surface area contributed by atoms with Gasteiger partial charge >= 0.3 is 6.01 Å². The molecule has 1 atom stereocenters. The minimum Gasteiger partial charge on any atom is -0.508 e. The lowest BCUT2D eigenvalue weighted by Gasteiger charge is -2.41. The molecule has 3 aromatic carbocycles. The van der Waals surface area contributed by atoms with Crippen molar-refractivity contribution in [2.75, 3.05) is 31.6 Å².